The lowest BCUT2D eigenvalue weighted by Gasteiger charge is -2.32. The van der Waals surface area contributed by atoms with Crippen molar-refractivity contribution in [3.8, 4) is 0 Å². The van der Waals surface area contributed by atoms with Crippen LogP contribution >= 0.6 is 11.6 Å². The Morgan fingerprint density at radius 2 is 1.77 bits per heavy atom. The molecule has 0 spiro atoms. The largest absolute Gasteiger partial charge is 0.462 e. The predicted octanol–water partition coefficient (Wildman–Crippen LogP) is 4.78. The molecular formula is C24H29ClN2O3. The van der Waals surface area contributed by atoms with Crippen molar-refractivity contribution in [1.29, 1.82) is 0 Å². The Labute approximate surface area is 183 Å². The van der Waals surface area contributed by atoms with E-state index in [1.54, 1.807) is 19.1 Å². The van der Waals surface area contributed by atoms with Gasteiger partial charge in [-0.05, 0) is 68.5 Å². The van der Waals surface area contributed by atoms with Gasteiger partial charge in [0.15, 0.2) is 0 Å². The fourth-order valence-corrected chi connectivity index (χ4v) is 4.11. The Bertz CT molecular complexity index is 877. The van der Waals surface area contributed by atoms with Gasteiger partial charge < -0.3 is 15.0 Å². The summed E-state index contributed by atoms with van der Waals surface area (Å²) in [7, 11) is 0. The highest BCUT2D eigenvalue weighted by molar-refractivity contribution is 6.30. The maximum atomic E-state index is 13.1. The van der Waals surface area contributed by atoms with Gasteiger partial charge in [-0.1, -0.05) is 29.8 Å². The smallest absolute Gasteiger partial charge is 0.338 e. The van der Waals surface area contributed by atoms with Gasteiger partial charge in [0.05, 0.1) is 18.1 Å². The van der Waals surface area contributed by atoms with E-state index in [2.05, 4.69) is 10.2 Å². The lowest BCUT2D eigenvalue weighted by atomic mass is 9.88. The molecule has 160 valence electrons. The van der Waals surface area contributed by atoms with Crippen molar-refractivity contribution in [2.24, 2.45) is 0 Å². The number of nitrogens with one attached hydrogen (secondary N) is 1. The average Bonchev–Trinajstić information content (AvgIpc) is 2.76. The number of anilines is 1. The molecule has 0 radical (unpaired) electrons. The van der Waals surface area contributed by atoms with Crippen LogP contribution in [0.15, 0.2) is 42.5 Å². The number of hydrogen-bond acceptors (Lipinski definition) is 4. The van der Waals surface area contributed by atoms with Crippen molar-refractivity contribution >= 4 is 29.2 Å². The summed E-state index contributed by atoms with van der Waals surface area (Å²) in [6.07, 6.45) is 3.49. The molecule has 2 aromatic carbocycles. The van der Waals surface area contributed by atoms with Crippen LogP contribution in [-0.4, -0.2) is 38.1 Å². The summed E-state index contributed by atoms with van der Waals surface area (Å²) in [4.78, 5) is 27.5. The number of hydrogen-bond donors (Lipinski definition) is 1. The van der Waals surface area contributed by atoms with E-state index in [9.17, 15) is 9.59 Å². The normalized spacial score (nSPS) is 14.8. The number of likely N-dealkylation sites (N-methyl/N-ethyl adjacent to an activating group) is 1. The number of amides is 1. The monoisotopic (exact) mass is 428 g/mol. The van der Waals surface area contributed by atoms with E-state index in [0.29, 0.717) is 23.7 Å². The standard InChI is InChI=1S/C24H29ClN2O3/c1-3-26-23(28)22(17-8-10-18(11-9-17)24(29)30-4-2)20-13-12-19(25)16-21(20)27-14-6-5-7-15-27/h8-13,16,22H,3-7,14-15H2,1-2H3,(H,26,28). The summed E-state index contributed by atoms with van der Waals surface area (Å²) >= 11 is 6.33. The Morgan fingerprint density at radius 1 is 1.07 bits per heavy atom. The Kier molecular flexibility index (Phi) is 7.75. The minimum absolute atomic E-state index is 0.0676. The number of halogens is 1. The van der Waals surface area contributed by atoms with Crippen molar-refractivity contribution in [3.05, 3.63) is 64.2 Å². The Morgan fingerprint density at radius 3 is 2.40 bits per heavy atom. The van der Waals surface area contributed by atoms with E-state index >= 15 is 0 Å². The highest BCUT2D eigenvalue weighted by Gasteiger charge is 2.27. The zero-order chi connectivity index (χ0) is 21.5. The van der Waals surface area contributed by atoms with Crippen LogP contribution in [-0.2, 0) is 9.53 Å². The van der Waals surface area contributed by atoms with Gasteiger partial charge in [-0.3, -0.25) is 4.79 Å². The fraction of sp³-hybridized carbons (Fsp3) is 0.417. The number of nitrogens with zero attached hydrogens (tertiary/aromatic N) is 1. The molecule has 0 saturated carbocycles. The van der Waals surface area contributed by atoms with E-state index in [4.69, 9.17) is 16.3 Å². The predicted molar refractivity (Wildman–Crippen MR) is 120 cm³/mol. The zero-order valence-electron chi connectivity index (χ0n) is 17.6. The number of carbonyl (C=O) groups is 2. The lowest BCUT2D eigenvalue weighted by Crippen LogP contribution is -2.34. The lowest BCUT2D eigenvalue weighted by molar-refractivity contribution is -0.121. The van der Waals surface area contributed by atoms with Crippen LogP contribution in [0.4, 0.5) is 5.69 Å². The van der Waals surface area contributed by atoms with E-state index in [0.717, 1.165) is 42.7 Å². The first-order chi connectivity index (χ1) is 14.5. The van der Waals surface area contributed by atoms with Gasteiger partial charge in [-0.25, -0.2) is 4.79 Å². The van der Waals surface area contributed by atoms with Crippen molar-refractivity contribution in [3.63, 3.8) is 0 Å². The van der Waals surface area contributed by atoms with Crippen molar-refractivity contribution < 1.29 is 14.3 Å². The SMILES string of the molecule is CCNC(=O)C(c1ccc(C(=O)OCC)cc1)c1ccc(Cl)cc1N1CCCCC1. The highest BCUT2D eigenvalue weighted by Crippen LogP contribution is 2.36. The molecule has 1 heterocycles. The molecule has 30 heavy (non-hydrogen) atoms. The second kappa shape index (κ2) is 10.5. The van der Waals surface area contributed by atoms with Crippen molar-refractivity contribution in [2.45, 2.75) is 39.0 Å². The zero-order valence-corrected chi connectivity index (χ0v) is 18.4. The number of rotatable bonds is 7. The van der Waals surface area contributed by atoms with E-state index in [-0.39, 0.29) is 11.9 Å². The molecule has 2 aromatic rings. The summed E-state index contributed by atoms with van der Waals surface area (Å²) in [6.45, 7) is 6.47. The third-order valence-corrected chi connectivity index (χ3v) is 5.60. The summed E-state index contributed by atoms with van der Waals surface area (Å²) in [5, 5.41) is 3.62. The average molecular weight is 429 g/mol. The van der Waals surface area contributed by atoms with Crippen LogP contribution in [0.3, 0.4) is 0 Å². The summed E-state index contributed by atoms with van der Waals surface area (Å²) in [6, 6.07) is 12.9. The molecule has 1 amide bonds. The minimum atomic E-state index is -0.490. The topological polar surface area (TPSA) is 58.6 Å². The number of esters is 1. The van der Waals surface area contributed by atoms with Gasteiger partial charge in [0.1, 0.15) is 0 Å². The summed E-state index contributed by atoms with van der Waals surface area (Å²) in [5.74, 6) is -0.920. The molecule has 1 fully saturated rings. The molecule has 1 atom stereocenters. The Balaban J connectivity index is 2.02. The number of ether oxygens (including phenoxy) is 1. The fourth-order valence-electron chi connectivity index (χ4n) is 3.94. The molecule has 6 heteroatoms. The van der Waals surface area contributed by atoms with Crippen molar-refractivity contribution in [2.75, 3.05) is 31.1 Å². The first-order valence-corrected chi connectivity index (χ1v) is 11.0. The van der Waals surface area contributed by atoms with Crippen molar-refractivity contribution in [1.82, 2.24) is 5.32 Å². The second-order valence-corrected chi connectivity index (χ2v) is 7.86. The maximum absolute atomic E-state index is 13.1. The van der Waals surface area contributed by atoms with Gasteiger partial charge >= 0.3 is 5.97 Å². The minimum Gasteiger partial charge on any atom is -0.462 e. The first-order valence-electron chi connectivity index (χ1n) is 10.6. The maximum Gasteiger partial charge on any atom is 0.338 e. The molecule has 3 rings (SSSR count). The molecule has 1 saturated heterocycles. The first kappa shape index (κ1) is 22.2. The third-order valence-electron chi connectivity index (χ3n) is 5.37. The van der Waals surface area contributed by atoms with Crippen LogP contribution < -0.4 is 10.2 Å². The number of benzene rings is 2. The van der Waals surface area contributed by atoms with Crippen LogP contribution in [0.5, 0.6) is 0 Å². The van der Waals surface area contributed by atoms with Crippen LogP contribution in [0.1, 0.15) is 60.5 Å². The molecule has 1 N–H and O–H groups in total. The van der Waals surface area contributed by atoms with Crippen LogP contribution in [0.25, 0.3) is 0 Å². The molecule has 0 bridgehead atoms. The van der Waals surface area contributed by atoms with E-state index < -0.39 is 5.92 Å². The molecule has 1 aliphatic heterocycles. The molecule has 1 unspecified atom stereocenters. The third kappa shape index (κ3) is 5.14. The second-order valence-electron chi connectivity index (χ2n) is 7.42. The van der Waals surface area contributed by atoms with Gasteiger partial charge in [0.25, 0.3) is 0 Å². The molecule has 0 aromatic heterocycles. The Hall–Kier alpha value is -2.53. The quantitative estimate of drug-likeness (QED) is 0.645. The van der Waals surface area contributed by atoms with Gasteiger partial charge in [0.2, 0.25) is 5.91 Å². The highest BCUT2D eigenvalue weighted by atomic mass is 35.5. The summed E-state index contributed by atoms with van der Waals surface area (Å²) in [5.41, 5.74) is 3.24. The van der Waals surface area contributed by atoms with Gasteiger partial charge in [-0.15, -0.1) is 0 Å². The number of carbonyl (C=O) groups excluding carboxylic acids is 2. The number of piperidine rings is 1. The molecule has 1 aliphatic rings. The molecule has 0 aliphatic carbocycles. The molecule has 5 nitrogen and oxygen atoms in total. The van der Waals surface area contributed by atoms with Crippen LogP contribution in [0, 0.1) is 0 Å². The van der Waals surface area contributed by atoms with E-state index in [1.807, 2.05) is 37.3 Å². The van der Waals surface area contributed by atoms with Crippen LogP contribution in [0.2, 0.25) is 5.02 Å². The molecular weight excluding hydrogens is 400 g/mol. The van der Waals surface area contributed by atoms with Gasteiger partial charge in [-0.2, -0.15) is 0 Å². The van der Waals surface area contributed by atoms with E-state index in [1.165, 1.54) is 6.42 Å². The summed E-state index contributed by atoms with van der Waals surface area (Å²) < 4.78 is 5.07. The van der Waals surface area contributed by atoms with Gasteiger partial charge in [0, 0.05) is 30.3 Å².